The largest absolute Gasteiger partial charge is 0.431 e. The lowest BCUT2D eigenvalue weighted by Gasteiger charge is -2.36. The molecule has 0 aliphatic heterocycles. The fourth-order valence-electron chi connectivity index (χ4n) is 4.14. The van der Waals surface area contributed by atoms with Crippen molar-refractivity contribution < 1.29 is 43.1 Å². The van der Waals surface area contributed by atoms with Crippen LogP contribution in [0.4, 0.5) is 17.6 Å². The quantitative estimate of drug-likeness (QED) is 0.242. The van der Waals surface area contributed by atoms with Gasteiger partial charge in [0, 0.05) is 5.92 Å². The zero-order valence-corrected chi connectivity index (χ0v) is 16.4. The van der Waals surface area contributed by atoms with Crippen LogP contribution in [-0.2, 0) is 24.4 Å². The summed E-state index contributed by atoms with van der Waals surface area (Å²) in [5.41, 5.74) is 0. The Balaban J connectivity index is 2.10. The maximum absolute atomic E-state index is 14.3. The molecule has 2 saturated carbocycles. The molecule has 0 aromatic rings. The third-order valence-electron chi connectivity index (χ3n) is 5.45. The van der Waals surface area contributed by atoms with Crippen LogP contribution in [0, 0.1) is 17.8 Å². The predicted octanol–water partition coefficient (Wildman–Crippen LogP) is 3.44. The molecule has 0 heterocycles. The molecule has 0 aromatic carbocycles. The van der Waals surface area contributed by atoms with Gasteiger partial charge in [-0.2, -0.15) is 34.4 Å². The Labute approximate surface area is 156 Å². The fraction of sp³-hybridized carbons (Fsp3) is 1.00. The van der Waals surface area contributed by atoms with Crippen molar-refractivity contribution in [2.45, 2.75) is 69.2 Å². The first-order valence-corrected chi connectivity index (χ1v) is 11.9. The summed E-state index contributed by atoms with van der Waals surface area (Å²) >= 11 is 0. The van der Waals surface area contributed by atoms with Crippen LogP contribution < -0.4 is 0 Å². The monoisotopic (exact) mass is 440 g/mol. The van der Waals surface area contributed by atoms with E-state index in [1.54, 1.807) is 0 Å². The first-order valence-electron chi connectivity index (χ1n) is 8.86. The van der Waals surface area contributed by atoms with Crippen molar-refractivity contribution in [2.75, 3.05) is 5.75 Å². The van der Waals surface area contributed by atoms with E-state index in [4.69, 9.17) is 8.74 Å². The standard InChI is InChI=1S/C15H24F4O6S2/c1-2-3-4-5-6-26(20,21)25-13-9-10-7-11(13)12(8-10)14(16,17)15(18,19)27(22,23)24/h10-13H,2-9H2,1H3,(H,22,23,24). The van der Waals surface area contributed by atoms with Gasteiger partial charge in [0.15, 0.2) is 0 Å². The van der Waals surface area contributed by atoms with E-state index in [2.05, 4.69) is 0 Å². The molecule has 6 nitrogen and oxygen atoms in total. The molecule has 0 amide bonds. The second kappa shape index (κ2) is 7.75. The fourth-order valence-corrected chi connectivity index (χ4v) is 5.89. The van der Waals surface area contributed by atoms with Crippen molar-refractivity contribution >= 4 is 20.2 Å². The average molecular weight is 440 g/mol. The van der Waals surface area contributed by atoms with Gasteiger partial charge in [0.1, 0.15) is 0 Å². The van der Waals surface area contributed by atoms with Gasteiger partial charge in [-0.15, -0.1) is 0 Å². The molecule has 27 heavy (non-hydrogen) atoms. The van der Waals surface area contributed by atoms with Crippen molar-refractivity contribution in [2.24, 2.45) is 17.8 Å². The zero-order chi connectivity index (χ0) is 20.7. The highest BCUT2D eigenvalue weighted by atomic mass is 32.2. The highest BCUT2D eigenvalue weighted by molar-refractivity contribution is 7.87. The highest BCUT2D eigenvalue weighted by Gasteiger charge is 2.72. The molecule has 0 radical (unpaired) electrons. The zero-order valence-electron chi connectivity index (χ0n) is 14.8. The number of alkyl halides is 4. The minimum Gasteiger partial charge on any atom is -0.281 e. The molecular formula is C15H24F4O6S2. The molecule has 2 fully saturated rings. The average Bonchev–Trinajstić information content (AvgIpc) is 3.10. The maximum Gasteiger partial charge on any atom is 0.431 e. The van der Waals surface area contributed by atoms with Gasteiger partial charge in [-0.1, -0.05) is 26.2 Å². The smallest absolute Gasteiger partial charge is 0.281 e. The SMILES string of the molecule is CCCCCCS(=O)(=O)OC1CC2CC1C(C(F)(F)C(F)(F)S(=O)(=O)O)C2. The van der Waals surface area contributed by atoms with Gasteiger partial charge in [0.2, 0.25) is 0 Å². The van der Waals surface area contributed by atoms with Crippen LogP contribution in [0.1, 0.15) is 51.9 Å². The minimum absolute atomic E-state index is 0.0534. The highest BCUT2D eigenvalue weighted by Crippen LogP contribution is 2.59. The summed E-state index contributed by atoms with van der Waals surface area (Å²) in [6.07, 6.45) is 1.37. The van der Waals surface area contributed by atoms with Gasteiger partial charge >= 0.3 is 21.3 Å². The van der Waals surface area contributed by atoms with E-state index >= 15 is 0 Å². The van der Waals surface area contributed by atoms with E-state index in [0.717, 1.165) is 12.8 Å². The topological polar surface area (TPSA) is 97.7 Å². The second-order valence-electron chi connectivity index (χ2n) is 7.42. The van der Waals surface area contributed by atoms with Crippen LogP contribution in [0.25, 0.3) is 0 Å². The Morgan fingerprint density at radius 2 is 1.63 bits per heavy atom. The lowest BCUT2D eigenvalue weighted by Crippen LogP contribution is -2.54. The number of hydrogen-bond donors (Lipinski definition) is 1. The molecule has 0 saturated heterocycles. The second-order valence-corrected chi connectivity index (χ2v) is 10.6. The number of halogens is 4. The summed E-state index contributed by atoms with van der Waals surface area (Å²) in [6.45, 7) is 1.95. The molecule has 2 aliphatic carbocycles. The molecule has 2 bridgehead atoms. The predicted molar refractivity (Wildman–Crippen MR) is 88.6 cm³/mol. The van der Waals surface area contributed by atoms with E-state index in [9.17, 15) is 34.4 Å². The summed E-state index contributed by atoms with van der Waals surface area (Å²) in [7, 11) is -10.3. The number of rotatable bonds is 10. The normalized spacial score (nSPS) is 29.4. The molecule has 160 valence electrons. The van der Waals surface area contributed by atoms with Crippen LogP contribution >= 0.6 is 0 Å². The number of fused-ring (bicyclic) bond motifs is 2. The number of unbranched alkanes of at least 4 members (excludes halogenated alkanes) is 3. The Kier molecular flexibility index (Phi) is 6.55. The Morgan fingerprint density at radius 3 is 2.15 bits per heavy atom. The van der Waals surface area contributed by atoms with E-state index in [1.165, 1.54) is 0 Å². The van der Waals surface area contributed by atoms with Crippen molar-refractivity contribution in [3.63, 3.8) is 0 Å². The van der Waals surface area contributed by atoms with Crippen molar-refractivity contribution in [1.82, 2.24) is 0 Å². The molecule has 0 spiro atoms. The minimum atomic E-state index is -6.33. The Bertz CT molecular complexity index is 737. The van der Waals surface area contributed by atoms with Crippen LogP contribution in [0.3, 0.4) is 0 Å². The third-order valence-corrected chi connectivity index (χ3v) is 7.70. The lowest BCUT2D eigenvalue weighted by atomic mass is 9.82. The van der Waals surface area contributed by atoms with E-state index < -0.39 is 55.3 Å². The van der Waals surface area contributed by atoms with Crippen molar-refractivity contribution in [3.05, 3.63) is 0 Å². The van der Waals surface area contributed by atoms with Gasteiger partial charge in [-0.3, -0.25) is 8.74 Å². The summed E-state index contributed by atoms with van der Waals surface area (Å²) < 4.78 is 115. The van der Waals surface area contributed by atoms with E-state index in [0.29, 0.717) is 12.8 Å². The molecular weight excluding hydrogens is 416 g/mol. The van der Waals surface area contributed by atoms with E-state index in [-0.39, 0.29) is 25.0 Å². The Hall–Kier alpha value is -0.460. The first kappa shape index (κ1) is 22.8. The van der Waals surface area contributed by atoms with Gasteiger partial charge in [-0.25, -0.2) is 0 Å². The van der Waals surface area contributed by atoms with Gasteiger partial charge in [0.05, 0.1) is 11.9 Å². The Morgan fingerprint density at radius 1 is 1.00 bits per heavy atom. The summed E-state index contributed by atoms with van der Waals surface area (Å²) in [4.78, 5) is 0. The molecule has 12 heteroatoms. The van der Waals surface area contributed by atoms with Gasteiger partial charge < -0.3 is 0 Å². The van der Waals surface area contributed by atoms with Crippen molar-refractivity contribution in [3.8, 4) is 0 Å². The molecule has 0 aromatic heterocycles. The van der Waals surface area contributed by atoms with Crippen molar-refractivity contribution in [1.29, 1.82) is 0 Å². The first-order chi connectivity index (χ1) is 12.2. The molecule has 2 rings (SSSR count). The van der Waals surface area contributed by atoms with Gasteiger partial charge in [-0.05, 0) is 37.5 Å². The van der Waals surface area contributed by atoms with Crippen LogP contribution in [0.5, 0.6) is 0 Å². The van der Waals surface area contributed by atoms with E-state index in [1.807, 2.05) is 6.92 Å². The third kappa shape index (κ3) is 4.59. The summed E-state index contributed by atoms with van der Waals surface area (Å²) in [6, 6.07) is 0. The molecule has 1 N–H and O–H groups in total. The maximum atomic E-state index is 14.3. The van der Waals surface area contributed by atoms with Crippen LogP contribution in [0.15, 0.2) is 0 Å². The molecule has 4 atom stereocenters. The number of hydrogen-bond acceptors (Lipinski definition) is 5. The molecule has 2 aliphatic rings. The summed E-state index contributed by atoms with van der Waals surface area (Å²) in [5, 5.41) is -5.65. The van der Waals surface area contributed by atoms with Crippen LogP contribution in [-0.4, -0.2) is 44.4 Å². The lowest BCUT2D eigenvalue weighted by molar-refractivity contribution is -0.208. The van der Waals surface area contributed by atoms with Gasteiger partial charge in [0.25, 0.3) is 10.1 Å². The molecule has 4 unspecified atom stereocenters. The summed E-state index contributed by atoms with van der Waals surface area (Å²) in [5.74, 6) is -9.09. The van der Waals surface area contributed by atoms with Crippen LogP contribution in [0.2, 0.25) is 0 Å².